The second-order valence-electron chi connectivity index (χ2n) is 4.43. The molecule has 1 rings (SSSR count). The number of halogens is 1. The Morgan fingerprint density at radius 3 is 2.59 bits per heavy atom. The average Bonchev–Trinajstić information content (AvgIpc) is 2.33. The highest BCUT2D eigenvalue weighted by molar-refractivity contribution is 6.31. The maximum Gasteiger partial charge on any atom is 0.0621 e. The fourth-order valence-corrected chi connectivity index (χ4v) is 2.35. The Hall–Kier alpha value is -0.570. The molecule has 2 nitrogen and oxygen atoms in total. The SMILES string of the molecule is CCCCCC(O)C(CN)c1ccccc1Cl. The molecule has 0 bridgehead atoms. The van der Waals surface area contributed by atoms with E-state index in [1.54, 1.807) is 0 Å². The van der Waals surface area contributed by atoms with Gasteiger partial charge in [-0.15, -0.1) is 0 Å². The van der Waals surface area contributed by atoms with Gasteiger partial charge >= 0.3 is 0 Å². The lowest BCUT2D eigenvalue weighted by atomic mass is 9.90. The fraction of sp³-hybridized carbons (Fsp3) is 0.571. The van der Waals surface area contributed by atoms with E-state index >= 15 is 0 Å². The molecule has 1 aromatic carbocycles. The van der Waals surface area contributed by atoms with Gasteiger partial charge in [-0.3, -0.25) is 0 Å². The quantitative estimate of drug-likeness (QED) is 0.735. The van der Waals surface area contributed by atoms with Crippen LogP contribution in [0.2, 0.25) is 5.02 Å². The Balaban J connectivity index is 2.67. The zero-order valence-electron chi connectivity index (χ0n) is 10.4. The van der Waals surface area contributed by atoms with E-state index in [0.29, 0.717) is 11.6 Å². The van der Waals surface area contributed by atoms with E-state index in [1.165, 1.54) is 0 Å². The highest BCUT2D eigenvalue weighted by atomic mass is 35.5. The molecule has 3 heteroatoms. The van der Waals surface area contributed by atoms with Crippen LogP contribution in [0.3, 0.4) is 0 Å². The Kier molecular flexibility index (Phi) is 6.56. The van der Waals surface area contributed by atoms with Crippen molar-refractivity contribution in [2.24, 2.45) is 5.73 Å². The molecule has 3 N–H and O–H groups in total. The van der Waals surface area contributed by atoms with Crippen molar-refractivity contribution < 1.29 is 5.11 Å². The lowest BCUT2D eigenvalue weighted by molar-refractivity contribution is 0.132. The molecule has 0 saturated heterocycles. The molecule has 0 aliphatic heterocycles. The molecule has 2 atom stereocenters. The van der Waals surface area contributed by atoms with Crippen LogP contribution >= 0.6 is 11.6 Å². The molecule has 17 heavy (non-hydrogen) atoms. The van der Waals surface area contributed by atoms with Gasteiger partial charge < -0.3 is 10.8 Å². The Morgan fingerprint density at radius 2 is 2.00 bits per heavy atom. The van der Waals surface area contributed by atoms with Gasteiger partial charge in [-0.25, -0.2) is 0 Å². The normalized spacial score (nSPS) is 14.6. The van der Waals surface area contributed by atoms with Gasteiger partial charge in [0.05, 0.1) is 6.10 Å². The van der Waals surface area contributed by atoms with E-state index in [1.807, 2.05) is 24.3 Å². The molecular formula is C14H22ClNO. The van der Waals surface area contributed by atoms with Gasteiger partial charge in [0.2, 0.25) is 0 Å². The van der Waals surface area contributed by atoms with E-state index in [4.69, 9.17) is 17.3 Å². The first-order chi connectivity index (χ1) is 8.20. The number of hydrogen-bond acceptors (Lipinski definition) is 2. The summed E-state index contributed by atoms with van der Waals surface area (Å²) in [4.78, 5) is 0. The molecule has 0 amide bonds. The van der Waals surface area contributed by atoms with Crippen molar-refractivity contribution >= 4 is 11.6 Å². The summed E-state index contributed by atoms with van der Waals surface area (Å²) in [5.74, 6) is -0.0550. The molecule has 1 aromatic rings. The minimum Gasteiger partial charge on any atom is -0.392 e. The first-order valence-corrected chi connectivity index (χ1v) is 6.71. The fourth-order valence-electron chi connectivity index (χ4n) is 2.07. The molecule has 96 valence electrons. The predicted octanol–water partition coefficient (Wildman–Crippen LogP) is 3.32. The standard InChI is InChI=1S/C14H22ClNO/c1-2-3-4-9-14(17)12(10-16)11-7-5-6-8-13(11)15/h5-8,12,14,17H,2-4,9-10,16H2,1H3. The van der Waals surface area contributed by atoms with Crippen LogP contribution < -0.4 is 5.73 Å². The Labute approximate surface area is 109 Å². The predicted molar refractivity (Wildman–Crippen MR) is 73.4 cm³/mol. The van der Waals surface area contributed by atoms with Gasteiger partial charge in [0, 0.05) is 17.5 Å². The highest BCUT2D eigenvalue weighted by Gasteiger charge is 2.21. The van der Waals surface area contributed by atoms with Crippen molar-refractivity contribution in [2.45, 2.75) is 44.6 Å². The molecule has 0 fully saturated rings. The summed E-state index contributed by atoms with van der Waals surface area (Å²) in [6.07, 6.45) is 3.74. The van der Waals surface area contributed by atoms with E-state index in [0.717, 1.165) is 31.2 Å². The maximum atomic E-state index is 10.2. The molecule has 0 saturated carbocycles. The molecule has 0 aliphatic rings. The third-order valence-electron chi connectivity index (χ3n) is 3.13. The smallest absolute Gasteiger partial charge is 0.0621 e. The van der Waals surface area contributed by atoms with Crippen LogP contribution in [-0.4, -0.2) is 17.8 Å². The van der Waals surface area contributed by atoms with Crippen molar-refractivity contribution in [1.82, 2.24) is 0 Å². The van der Waals surface area contributed by atoms with Gasteiger partial charge in [-0.1, -0.05) is 56.0 Å². The largest absolute Gasteiger partial charge is 0.392 e. The summed E-state index contributed by atoms with van der Waals surface area (Å²) >= 11 is 6.14. The number of benzene rings is 1. The van der Waals surface area contributed by atoms with Crippen LogP contribution in [0.5, 0.6) is 0 Å². The summed E-state index contributed by atoms with van der Waals surface area (Å²) in [5.41, 5.74) is 6.72. The zero-order chi connectivity index (χ0) is 12.7. The number of nitrogens with two attached hydrogens (primary N) is 1. The second kappa shape index (κ2) is 7.70. The van der Waals surface area contributed by atoms with Gasteiger partial charge in [0.15, 0.2) is 0 Å². The number of hydrogen-bond donors (Lipinski definition) is 2. The molecule has 2 unspecified atom stereocenters. The minimum atomic E-state index is -0.397. The zero-order valence-corrected chi connectivity index (χ0v) is 11.2. The van der Waals surface area contributed by atoms with Crippen LogP contribution in [0.4, 0.5) is 0 Å². The molecule has 0 heterocycles. The highest BCUT2D eigenvalue weighted by Crippen LogP contribution is 2.28. The van der Waals surface area contributed by atoms with E-state index < -0.39 is 6.10 Å². The van der Waals surface area contributed by atoms with Crippen LogP contribution in [0.1, 0.15) is 44.1 Å². The van der Waals surface area contributed by atoms with E-state index in [2.05, 4.69) is 6.92 Å². The lowest BCUT2D eigenvalue weighted by Gasteiger charge is -2.22. The van der Waals surface area contributed by atoms with Crippen LogP contribution in [0, 0.1) is 0 Å². The van der Waals surface area contributed by atoms with E-state index in [9.17, 15) is 5.11 Å². The summed E-state index contributed by atoms with van der Waals surface area (Å²) in [6, 6.07) is 7.62. The van der Waals surface area contributed by atoms with Crippen molar-refractivity contribution in [2.75, 3.05) is 6.54 Å². The molecule has 0 radical (unpaired) electrons. The average molecular weight is 256 g/mol. The first kappa shape index (κ1) is 14.5. The maximum absolute atomic E-state index is 10.2. The van der Waals surface area contributed by atoms with E-state index in [-0.39, 0.29) is 5.92 Å². The van der Waals surface area contributed by atoms with Crippen LogP contribution in [-0.2, 0) is 0 Å². The third-order valence-corrected chi connectivity index (χ3v) is 3.47. The van der Waals surface area contributed by atoms with Crippen molar-refractivity contribution in [3.05, 3.63) is 34.9 Å². The monoisotopic (exact) mass is 255 g/mol. The Bertz CT molecular complexity index is 330. The first-order valence-electron chi connectivity index (χ1n) is 6.33. The summed E-state index contributed by atoms with van der Waals surface area (Å²) < 4.78 is 0. The summed E-state index contributed by atoms with van der Waals surface area (Å²) in [7, 11) is 0. The van der Waals surface area contributed by atoms with Crippen LogP contribution in [0.15, 0.2) is 24.3 Å². The van der Waals surface area contributed by atoms with Gasteiger partial charge in [-0.2, -0.15) is 0 Å². The van der Waals surface area contributed by atoms with Gasteiger partial charge in [-0.05, 0) is 18.1 Å². The number of unbranched alkanes of at least 4 members (excludes halogenated alkanes) is 2. The molecule has 0 aromatic heterocycles. The van der Waals surface area contributed by atoms with Gasteiger partial charge in [0.25, 0.3) is 0 Å². The lowest BCUT2D eigenvalue weighted by Crippen LogP contribution is -2.26. The molecule has 0 spiro atoms. The molecule has 0 aliphatic carbocycles. The van der Waals surface area contributed by atoms with Crippen molar-refractivity contribution in [3.63, 3.8) is 0 Å². The van der Waals surface area contributed by atoms with Crippen molar-refractivity contribution in [3.8, 4) is 0 Å². The second-order valence-corrected chi connectivity index (χ2v) is 4.83. The summed E-state index contributed by atoms with van der Waals surface area (Å²) in [6.45, 7) is 2.58. The number of aliphatic hydroxyl groups excluding tert-OH is 1. The van der Waals surface area contributed by atoms with Crippen LogP contribution in [0.25, 0.3) is 0 Å². The third kappa shape index (κ3) is 4.30. The minimum absolute atomic E-state index is 0.0550. The van der Waals surface area contributed by atoms with Gasteiger partial charge in [0.1, 0.15) is 0 Å². The topological polar surface area (TPSA) is 46.2 Å². The Morgan fingerprint density at radius 1 is 1.29 bits per heavy atom. The molecular weight excluding hydrogens is 234 g/mol. The van der Waals surface area contributed by atoms with Crippen molar-refractivity contribution in [1.29, 1.82) is 0 Å². The summed E-state index contributed by atoms with van der Waals surface area (Å²) in [5, 5.41) is 10.9. The number of aliphatic hydroxyl groups is 1. The number of rotatable bonds is 7.